The van der Waals surface area contributed by atoms with E-state index in [0.717, 1.165) is 6.20 Å². The predicted octanol–water partition coefficient (Wildman–Crippen LogP) is 2.16. The molecule has 0 bridgehead atoms. The van der Waals surface area contributed by atoms with Gasteiger partial charge >= 0.3 is 18.0 Å². The van der Waals surface area contributed by atoms with Crippen LogP contribution in [0.25, 0.3) is 0 Å². The van der Waals surface area contributed by atoms with Crippen molar-refractivity contribution in [3.05, 3.63) is 21.9 Å². The Kier molecular flexibility index (Phi) is 4.69. The summed E-state index contributed by atoms with van der Waals surface area (Å²) in [6.07, 6.45) is -4.88. The summed E-state index contributed by atoms with van der Waals surface area (Å²) in [6.45, 7) is 2.67. The van der Waals surface area contributed by atoms with E-state index in [9.17, 15) is 28.1 Å². The molecule has 0 saturated carbocycles. The van der Waals surface area contributed by atoms with E-state index < -0.39 is 35.3 Å². The van der Waals surface area contributed by atoms with E-state index in [4.69, 9.17) is 0 Å². The van der Waals surface area contributed by atoms with E-state index in [1.807, 2.05) is 0 Å². The van der Waals surface area contributed by atoms with Crippen molar-refractivity contribution in [2.45, 2.75) is 32.5 Å². The number of aryl methyl sites for hydroxylation is 1. The molecular weight excluding hydrogens is 283 g/mol. The number of ether oxygens (including phenoxy) is 1. The number of esters is 1. The predicted molar refractivity (Wildman–Crippen MR) is 60.0 cm³/mol. The lowest BCUT2D eigenvalue weighted by Crippen LogP contribution is -2.30. The largest absolute Gasteiger partial charge is 0.466 e. The molecule has 1 heterocycles. The summed E-state index contributed by atoms with van der Waals surface area (Å²) >= 11 is 0. The molecule has 0 radical (unpaired) electrons. The summed E-state index contributed by atoms with van der Waals surface area (Å²) in [7, 11) is 0. The van der Waals surface area contributed by atoms with Crippen molar-refractivity contribution in [2.24, 2.45) is 0 Å². The van der Waals surface area contributed by atoms with Crippen molar-refractivity contribution in [1.29, 1.82) is 0 Å². The third kappa shape index (κ3) is 3.68. The van der Waals surface area contributed by atoms with Gasteiger partial charge in [-0.1, -0.05) is 0 Å². The van der Waals surface area contributed by atoms with Crippen molar-refractivity contribution in [3.63, 3.8) is 0 Å². The van der Waals surface area contributed by atoms with Crippen LogP contribution in [0.4, 0.5) is 19.0 Å². The molecule has 0 spiro atoms. The fourth-order valence-corrected chi connectivity index (χ4v) is 1.55. The minimum Gasteiger partial charge on any atom is -0.466 e. The molecule has 0 aliphatic rings. The Morgan fingerprint density at radius 2 is 2.20 bits per heavy atom. The van der Waals surface area contributed by atoms with Gasteiger partial charge in [0.2, 0.25) is 0 Å². The first-order chi connectivity index (χ1) is 9.16. The van der Waals surface area contributed by atoms with Crippen LogP contribution in [-0.4, -0.2) is 33.5 Å². The van der Waals surface area contributed by atoms with Gasteiger partial charge in [0.15, 0.2) is 6.04 Å². The van der Waals surface area contributed by atoms with Crippen LogP contribution >= 0.6 is 0 Å². The molecule has 1 rings (SSSR count). The number of nitrogens with zero attached hydrogens (tertiary/aromatic N) is 3. The van der Waals surface area contributed by atoms with Crippen LogP contribution in [0.1, 0.15) is 24.9 Å². The van der Waals surface area contributed by atoms with Crippen LogP contribution in [0, 0.1) is 17.0 Å². The highest BCUT2D eigenvalue weighted by Gasteiger charge is 2.45. The maximum absolute atomic E-state index is 12.9. The van der Waals surface area contributed by atoms with Crippen LogP contribution in [0.3, 0.4) is 0 Å². The molecule has 0 aliphatic heterocycles. The van der Waals surface area contributed by atoms with E-state index in [2.05, 4.69) is 9.84 Å². The zero-order valence-corrected chi connectivity index (χ0v) is 10.7. The fraction of sp³-hybridized carbons (Fsp3) is 0.600. The number of alkyl halides is 3. The van der Waals surface area contributed by atoms with Gasteiger partial charge in [-0.05, 0) is 18.8 Å². The van der Waals surface area contributed by atoms with Crippen molar-refractivity contribution in [2.75, 3.05) is 6.61 Å². The number of carbonyl (C=O) groups excluding carboxylic acids is 1. The van der Waals surface area contributed by atoms with Gasteiger partial charge in [0.05, 0.1) is 29.9 Å². The van der Waals surface area contributed by atoms with Gasteiger partial charge in [-0.2, -0.15) is 17.9 Å². The molecule has 0 saturated heterocycles. The molecule has 112 valence electrons. The van der Waals surface area contributed by atoms with Crippen LogP contribution < -0.4 is 0 Å². The molecule has 0 N–H and O–H groups in total. The van der Waals surface area contributed by atoms with Gasteiger partial charge in [0.25, 0.3) is 0 Å². The Morgan fingerprint density at radius 1 is 1.60 bits per heavy atom. The third-order valence-corrected chi connectivity index (χ3v) is 2.42. The maximum atomic E-state index is 12.9. The monoisotopic (exact) mass is 295 g/mol. The fourth-order valence-electron chi connectivity index (χ4n) is 1.55. The van der Waals surface area contributed by atoms with E-state index in [0.29, 0.717) is 4.68 Å². The highest BCUT2D eigenvalue weighted by molar-refractivity contribution is 5.70. The van der Waals surface area contributed by atoms with Crippen LogP contribution in [0.2, 0.25) is 0 Å². The Labute approximate surface area is 111 Å². The Balaban J connectivity index is 3.09. The van der Waals surface area contributed by atoms with E-state index in [-0.39, 0.29) is 12.2 Å². The van der Waals surface area contributed by atoms with E-state index in [1.165, 1.54) is 13.8 Å². The van der Waals surface area contributed by atoms with E-state index in [1.54, 1.807) is 0 Å². The molecule has 0 amide bonds. The molecule has 0 aromatic carbocycles. The molecule has 10 heteroatoms. The molecule has 7 nitrogen and oxygen atoms in total. The average molecular weight is 295 g/mol. The standard InChI is InChI=1S/C10H12F3N3O4/c1-3-20-8(17)4-7(10(11,12)13)15-5-6(2)9(14-15)16(18)19/h5,7H,3-4H2,1-2H3. The van der Waals surface area contributed by atoms with Gasteiger partial charge < -0.3 is 14.9 Å². The molecule has 1 atom stereocenters. The first kappa shape index (κ1) is 15.9. The topological polar surface area (TPSA) is 87.3 Å². The lowest BCUT2D eigenvalue weighted by atomic mass is 10.2. The zero-order valence-electron chi connectivity index (χ0n) is 10.7. The normalized spacial score (nSPS) is 13.1. The molecule has 1 aromatic rings. The van der Waals surface area contributed by atoms with Crippen LogP contribution in [0.5, 0.6) is 0 Å². The number of aromatic nitrogens is 2. The van der Waals surface area contributed by atoms with Gasteiger partial charge in [0.1, 0.15) is 0 Å². The summed E-state index contributed by atoms with van der Waals surface area (Å²) < 4.78 is 43.6. The highest BCUT2D eigenvalue weighted by atomic mass is 19.4. The molecular formula is C10H12F3N3O4. The maximum Gasteiger partial charge on any atom is 0.413 e. The Bertz CT molecular complexity index is 512. The second-order valence-corrected chi connectivity index (χ2v) is 3.94. The van der Waals surface area contributed by atoms with Crippen molar-refractivity contribution < 1.29 is 27.6 Å². The summed E-state index contributed by atoms with van der Waals surface area (Å²) in [4.78, 5) is 20.9. The number of rotatable bonds is 5. The van der Waals surface area contributed by atoms with Crippen LogP contribution in [-0.2, 0) is 9.53 Å². The Morgan fingerprint density at radius 3 is 2.60 bits per heavy atom. The SMILES string of the molecule is CCOC(=O)CC(n1cc(C)c([N+](=O)[O-])n1)C(F)(F)F. The lowest BCUT2D eigenvalue weighted by molar-refractivity contribution is -0.390. The minimum absolute atomic E-state index is 0.0203. The number of hydrogen-bond acceptors (Lipinski definition) is 5. The first-order valence-electron chi connectivity index (χ1n) is 5.59. The van der Waals surface area contributed by atoms with Crippen molar-refractivity contribution in [1.82, 2.24) is 9.78 Å². The number of nitro groups is 1. The van der Waals surface area contributed by atoms with Crippen molar-refractivity contribution in [3.8, 4) is 0 Å². The molecule has 1 aromatic heterocycles. The van der Waals surface area contributed by atoms with Gasteiger partial charge in [-0.3, -0.25) is 4.79 Å². The summed E-state index contributed by atoms with van der Waals surface area (Å²) in [6, 6.07) is -2.30. The van der Waals surface area contributed by atoms with Crippen LogP contribution in [0.15, 0.2) is 6.20 Å². The quantitative estimate of drug-likeness (QED) is 0.472. The van der Waals surface area contributed by atoms with E-state index >= 15 is 0 Å². The second kappa shape index (κ2) is 5.88. The highest BCUT2D eigenvalue weighted by Crippen LogP contribution is 2.34. The number of hydrogen-bond donors (Lipinski definition) is 0. The van der Waals surface area contributed by atoms with Gasteiger partial charge in [-0.25, -0.2) is 0 Å². The average Bonchev–Trinajstić information content (AvgIpc) is 2.66. The molecule has 0 aliphatic carbocycles. The Hall–Kier alpha value is -2.13. The van der Waals surface area contributed by atoms with Gasteiger partial charge in [-0.15, -0.1) is 0 Å². The number of halogens is 3. The molecule has 0 fully saturated rings. The second-order valence-electron chi connectivity index (χ2n) is 3.94. The summed E-state index contributed by atoms with van der Waals surface area (Å²) in [5.74, 6) is -1.73. The molecule has 20 heavy (non-hydrogen) atoms. The first-order valence-corrected chi connectivity index (χ1v) is 5.59. The third-order valence-electron chi connectivity index (χ3n) is 2.42. The minimum atomic E-state index is -4.78. The smallest absolute Gasteiger partial charge is 0.413 e. The lowest BCUT2D eigenvalue weighted by Gasteiger charge is -2.17. The molecule has 1 unspecified atom stereocenters. The van der Waals surface area contributed by atoms with Gasteiger partial charge in [0, 0.05) is 0 Å². The number of carbonyl (C=O) groups is 1. The summed E-state index contributed by atoms with van der Waals surface area (Å²) in [5, 5.41) is 13.9. The zero-order chi connectivity index (χ0) is 15.5. The van der Waals surface area contributed by atoms with Crippen molar-refractivity contribution >= 4 is 11.8 Å². The summed E-state index contributed by atoms with van der Waals surface area (Å²) in [5.41, 5.74) is -0.0203.